The minimum absolute atomic E-state index is 0.353. The molecular weight excluding hydrogens is 366 g/mol. The first-order valence-corrected chi connectivity index (χ1v) is 8.71. The molecule has 3 rings (SSSR count). The number of ether oxygens (including phenoxy) is 1. The van der Waals surface area contributed by atoms with E-state index in [0.29, 0.717) is 35.8 Å². The largest absolute Gasteiger partial charge is 0.497 e. The molecule has 0 saturated heterocycles. The van der Waals surface area contributed by atoms with Crippen molar-refractivity contribution in [2.75, 3.05) is 14.2 Å². The van der Waals surface area contributed by atoms with Crippen LogP contribution < -0.4 is 15.4 Å². The maximum absolute atomic E-state index is 6.00. The van der Waals surface area contributed by atoms with E-state index in [-0.39, 0.29) is 0 Å². The second kappa shape index (κ2) is 9.05. The Balaban J connectivity index is 1.55. The number of benzene rings is 2. The number of nitrogens with zero attached hydrogens (tertiary/aromatic N) is 3. The Bertz CT molecular complexity index is 926. The summed E-state index contributed by atoms with van der Waals surface area (Å²) in [5.41, 5.74) is 1.89. The smallest absolute Gasteiger partial charge is 0.246 e. The number of methoxy groups -OCH3 is 1. The van der Waals surface area contributed by atoms with Crippen LogP contribution in [0.25, 0.3) is 11.4 Å². The average Bonchev–Trinajstić information content (AvgIpc) is 3.17. The fourth-order valence-electron chi connectivity index (χ4n) is 2.42. The van der Waals surface area contributed by atoms with E-state index >= 15 is 0 Å². The fraction of sp³-hybridized carbons (Fsp3) is 0.211. The zero-order chi connectivity index (χ0) is 19.1. The highest BCUT2D eigenvalue weighted by atomic mass is 35.5. The first-order chi connectivity index (χ1) is 13.2. The Labute approximate surface area is 162 Å². The predicted molar refractivity (Wildman–Crippen MR) is 105 cm³/mol. The Morgan fingerprint density at radius 1 is 1.15 bits per heavy atom. The van der Waals surface area contributed by atoms with Gasteiger partial charge in [-0.25, -0.2) is 0 Å². The van der Waals surface area contributed by atoms with Gasteiger partial charge in [0.1, 0.15) is 5.75 Å². The second-order valence-corrected chi connectivity index (χ2v) is 6.09. The molecule has 0 fully saturated rings. The molecule has 140 valence electrons. The summed E-state index contributed by atoms with van der Waals surface area (Å²) in [5.74, 6) is 2.39. The topological polar surface area (TPSA) is 84.6 Å². The first kappa shape index (κ1) is 18.7. The molecule has 0 spiro atoms. The van der Waals surface area contributed by atoms with E-state index in [9.17, 15) is 0 Å². The van der Waals surface area contributed by atoms with Crippen LogP contribution in [0.2, 0.25) is 5.02 Å². The number of guanidine groups is 1. The van der Waals surface area contributed by atoms with Gasteiger partial charge in [0.05, 0.1) is 13.7 Å². The third-order valence-electron chi connectivity index (χ3n) is 3.78. The monoisotopic (exact) mass is 385 g/mol. The van der Waals surface area contributed by atoms with Crippen LogP contribution >= 0.6 is 11.6 Å². The van der Waals surface area contributed by atoms with Gasteiger partial charge >= 0.3 is 0 Å². The number of rotatable bonds is 6. The minimum atomic E-state index is 0.353. The molecule has 2 N–H and O–H groups in total. The van der Waals surface area contributed by atoms with E-state index in [1.54, 1.807) is 26.3 Å². The quantitative estimate of drug-likeness (QED) is 0.500. The molecule has 0 atom stereocenters. The van der Waals surface area contributed by atoms with E-state index in [1.807, 2.05) is 36.4 Å². The summed E-state index contributed by atoms with van der Waals surface area (Å²) >= 11 is 6.00. The van der Waals surface area contributed by atoms with Crippen LogP contribution in [0, 0.1) is 0 Å². The summed E-state index contributed by atoms with van der Waals surface area (Å²) < 4.78 is 10.5. The highest BCUT2D eigenvalue weighted by molar-refractivity contribution is 6.30. The molecule has 0 aliphatic rings. The summed E-state index contributed by atoms with van der Waals surface area (Å²) in [6.45, 7) is 0.958. The number of aliphatic imine (C=N–C) groups is 1. The van der Waals surface area contributed by atoms with Crippen molar-refractivity contribution in [2.24, 2.45) is 4.99 Å². The van der Waals surface area contributed by atoms with Gasteiger partial charge in [0.2, 0.25) is 11.7 Å². The van der Waals surface area contributed by atoms with Crippen molar-refractivity contribution in [1.82, 2.24) is 20.8 Å². The van der Waals surface area contributed by atoms with Crippen LogP contribution in [-0.2, 0) is 13.1 Å². The maximum atomic E-state index is 6.00. The molecule has 0 saturated carbocycles. The Morgan fingerprint density at radius 3 is 2.74 bits per heavy atom. The zero-order valence-electron chi connectivity index (χ0n) is 15.1. The van der Waals surface area contributed by atoms with Crippen molar-refractivity contribution in [3.8, 4) is 17.1 Å². The van der Waals surface area contributed by atoms with E-state index < -0.39 is 0 Å². The second-order valence-electron chi connectivity index (χ2n) is 5.65. The van der Waals surface area contributed by atoms with E-state index in [0.717, 1.165) is 16.9 Å². The lowest BCUT2D eigenvalue weighted by molar-refractivity contribution is 0.375. The third kappa shape index (κ3) is 5.21. The van der Waals surface area contributed by atoms with Crippen LogP contribution in [0.4, 0.5) is 0 Å². The fourth-order valence-corrected chi connectivity index (χ4v) is 2.61. The number of halogens is 1. The van der Waals surface area contributed by atoms with Gasteiger partial charge in [-0.1, -0.05) is 41.0 Å². The predicted octanol–water partition coefficient (Wildman–Crippen LogP) is 3.26. The van der Waals surface area contributed by atoms with Crippen molar-refractivity contribution >= 4 is 17.6 Å². The molecular formula is C19H20ClN5O2. The molecule has 1 heterocycles. The van der Waals surface area contributed by atoms with Crippen LogP contribution in [0.1, 0.15) is 11.5 Å². The zero-order valence-corrected chi connectivity index (χ0v) is 15.8. The van der Waals surface area contributed by atoms with Gasteiger partial charge in [-0.15, -0.1) is 0 Å². The minimum Gasteiger partial charge on any atom is -0.497 e. The lowest BCUT2D eigenvalue weighted by atomic mass is 10.2. The summed E-state index contributed by atoms with van der Waals surface area (Å²) in [7, 11) is 3.35. The molecule has 8 heteroatoms. The van der Waals surface area contributed by atoms with Crippen molar-refractivity contribution in [1.29, 1.82) is 0 Å². The number of nitrogens with one attached hydrogen (secondary N) is 2. The third-order valence-corrected chi connectivity index (χ3v) is 4.01. The molecule has 0 unspecified atom stereocenters. The molecule has 7 nitrogen and oxygen atoms in total. The molecule has 1 aromatic heterocycles. The lowest BCUT2D eigenvalue weighted by Gasteiger charge is -2.11. The van der Waals surface area contributed by atoms with Gasteiger partial charge in [0.15, 0.2) is 5.96 Å². The molecule has 27 heavy (non-hydrogen) atoms. The number of hydrogen-bond donors (Lipinski definition) is 2. The molecule has 3 aromatic rings. The molecule has 0 bridgehead atoms. The van der Waals surface area contributed by atoms with Gasteiger partial charge in [0, 0.05) is 24.2 Å². The lowest BCUT2D eigenvalue weighted by Crippen LogP contribution is -2.36. The Hall–Kier alpha value is -3.06. The van der Waals surface area contributed by atoms with Crippen molar-refractivity contribution < 1.29 is 9.26 Å². The number of hydrogen-bond acceptors (Lipinski definition) is 5. The normalized spacial score (nSPS) is 11.3. The summed E-state index contributed by atoms with van der Waals surface area (Å²) in [5, 5.41) is 11.0. The Kier molecular flexibility index (Phi) is 6.27. The first-order valence-electron chi connectivity index (χ1n) is 8.34. The molecule has 0 aliphatic heterocycles. The standard InChI is InChI=1S/C19H20ClN5O2/c1-21-19(22-11-13-5-3-8-16(9-13)26-2)23-12-17-24-18(25-27-17)14-6-4-7-15(20)10-14/h3-10H,11-12H2,1-2H3,(H2,21,22,23). The van der Waals surface area contributed by atoms with Gasteiger partial charge in [-0.2, -0.15) is 4.98 Å². The highest BCUT2D eigenvalue weighted by Gasteiger charge is 2.09. The van der Waals surface area contributed by atoms with Crippen LogP contribution in [0.15, 0.2) is 58.0 Å². The van der Waals surface area contributed by atoms with Gasteiger partial charge in [-0.05, 0) is 29.8 Å². The summed E-state index contributed by atoms with van der Waals surface area (Å²) in [4.78, 5) is 8.56. The van der Waals surface area contributed by atoms with Gasteiger partial charge in [0.25, 0.3) is 0 Å². The molecule has 0 aliphatic carbocycles. The van der Waals surface area contributed by atoms with E-state index in [2.05, 4.69) is 25.8 Å². The van der Waals surface area contributed by atoms with E-state index in [4.69, 9.17) is 20.9 Å². The van der Waals surface area contributed by atoms with Gasteiger partial charge in [-0.3, -0.25) is 4.99 Å². The maximum Gasteiger partial charge on any atom is 0.246 e. The molecule has 0 radical (unpaired) electrons. The van der Waals surface area contributed by atoms with Crippen LogP contribution in [0.5, 0.6) is 5.75 Å². The average molecular weight is 386 g/mol. The van der Waals surface area contributed by atoms with Crippen molar-refractivity contribution in [3.63, 3.8) is 0 Å². The highest BCUT2D eigenvalue weighted by Crippen LogP contribution is 2.19. The van der Waals surface area contributed by atoms with Crippen molar-refractivity contribution in [3.05, 3.63) is 65.0 Å². The SMILES string of the molecule is CN=C(NCc1cccc(OC)c1)NCc1nc(-c2cccc(Cl)c2)no1. The number of aromatic nitrogens is 2. The van der Waals surface area contributed by atoms with Crippen molar-refractivity contribution in [2.45, 2.75) is 13.1 Å². The van der Waals surface area contributed by atoms with E-state index in [1.165, 1.54) is 0 Å². The molecule has 0 amide bonds. The van der Waals surface area contributed by atoms with Crippen LogP contribution in [-0.4, -0.2) is 30.3 Å². The Morgan fingerprint density at radius 2 is 1.96 bits per heavy atom. The summed E-state index contributed by atoms with van der Waals surface area (Å²) in [6.07, 6.45) is 0. The molecule has 2 aromatic carbocycles. The van der Waals surface area contributed by atoms with Gasteiger partial charge < -0.3 is 19.9 Å². The van der Waals surface area contributed by atoms with Crippen LogP contribution in [0.3, 0.4) is 0 Å². The summed E-state index contributed by atoms with van der Waals surface area (Å²) in [6, 6.07) is 15.1.